The van der Waals surface area contributed by atoms with Gasteiger partial charge in [-0.1, -0.05) is 6.07 Å². The van der Waals surface area contributed by atoms with E-state index in [4.69, 9.17) is 0 Å². The Hall–Kier alpha value is -1.42. The van der Waals surface area contributed by atoms with Gasteiger partial charge in [-0.2, -0.15) is 5.10 Å². The maximum absolute atomic E-state index is 11.9. The molecule has 0 unspecified atom stereocenters. The predicted molar refractivity (Wildman–Crippen MR) is 60.3 cm³/mol. The summed E-state index contributed by atoms with van der Waals surface area (Å²) >= 11 is 1.61. The van der Waals surface area contributed by atoms with E-state index in [1.807, 2.05) is 24.4 Å². The molecule has 3 nitrogen and oxygen atoms in total. The van der Waals surface area contributed by atoms with E-state index in [0.717, 1.165) is 11.4 Å². The van der Waals surface area contributed by atoms with E-state index in [2.05, 4.69) is 5.10 Å². The third-order valence-electron chi connectivity index (χ3n) is 2.22. The SMILES string of the molecule is CCn1nccc1C(=O)Cc1cccs1. The van der Waals surface area contributed by atoms with E-state index < -0.39 is 0 Å². The predicted octanol–water partition coefficient (Wildman–Crippen LogP) is 2.39. The van der Waals surface area contributed by atoms with E-state index in [1.54, 1.807) is 28.3 Å². The Morgan fingerprint density at radius 2 is 2.40 bits per heavy atom. The molecule has 2 heterocycles. The van der Waals surface area contributed by atoms with E-state index >= 15 is 0 Å². The lowest BCUT2D eigenvalue weighted by Gasteiger charge is -2.02. The van der Waals surface area contributed by atoms with Crippen LogP contribution in [0, 0.1) is 0 Å². The van der Waals surface area contributed by atoms with Crippen LogP contribution in [0.4, 0.5) is 0 Å². The summed E-state index contributed by atoms with van der Waals surface area (Å²) in [7, 11) is 0. The molecule has 2 rings (SSSR count). The van der Waals surface area contributed by atoms with Crippen LogP contribution in [0.25, 0.3) is 0 Å². The van der Waals surface area contributed by atoms with Crippen LogP contribution in [0.5, 0.6) is 0 Å². The van der Waals surface area contributed by atoms with Crippen LogP contribution in [-0.4, -0.2) is 15.6 Å². The van der Waals surface area contributed by atoms with Crippen molar-refractivity contribution in [3.8, 4) is 0 Å². The zero-order chi connectivity index (χ0) is 10.7. The van der Waals surface area contributed by atoms with Crippen molar-refractivity contribution in [2.24, 2.45) is 0 Å². The van der Waals surface area contributed by atoms with Crippen LogP contribution in [0.15, 0.2) is 29.8 Å². The van der Waals surface area contributed by atoms with Gasteiger partial charge in [-0.05, 0) is 24.4 Å². The molecular formula is C11H12N2OS. The first-order chi connectivity index (χ1) is 7.31. The molecule has 0 saturated heterocycles. The molecule has 0 fully saturated rings. The van der Waals surface area contributed by atoms with Gasteiger partial charge in [0.2, 0.25) is 0 Å². The fourth-order valence-electron chi connectivity index (χ4n) is 1.48. The number of hydrogen-bond donors (Lipinski definition) is 0. The summed E-state index contributed by atoms with van der Waals surface area (Å²) in [4.78, 5) is 13.0. The molecule has 0 bridgehead atoms. The van der Waals surface area contributed by atoms with Gasteiger partial charge in [0.25, 0.3) is 0 Å². The second-order valence-corrected chi connectivity index (χ2v) is 4.24. The van der Waals surface area contributed by atoms with Crippen molar-refractivity contribution in [2.45, 2.75) is 19.9 Å². The van der Waals surface area contributed by atoms with Crippen LogP contribution >= 0.6 is 11.3 Å². The molecule has 0 aliphatic rings. The van der Waals surface area contributed by atoms with E-state index in [1.165, 1.54) is 0 Å². The van der Waals surface area contributed by atoms with Gasteiger partial charge in [0.05, 0.1) is 0 Å². The monoisotopic (exact) mass is 220 g/mol. The molecule has 0 aromatic carbocycles. The van der Waals surface area contributed by atoms with Crippen LogP contribution in [0.3, 0.4) is 0 Å². The van der Waals surface area contributed by atoms with Crippen LogP contribution in [-0.2, 0) is 13.0 Å². The third-order valence-corrected chi connectivity index (χ3v) is 3.09. The van der Waals surface area contributed by atoms with Crippen molar-refractivity contribution in [3.05, 3.63) is 40.3 Å². The molecular weight excluding hydrogens is 208 g/mol. The second-order valence-electron chi connectivity index (χ2n) is 3.21. The number of carbonyl (C=O) groups excluding carboxylic acids is 1. The normalized spacial score (nSPS) is 10.5. The van der Waals surface area contributed by atoms with Gasteiger partial charge in [0.1, 0.15) is 5.69 Å². The molecule has 0 N–H and O–H groups in total. The molecule has 4 heteroatoms. The molecule has 0 aliphatic carbocycles. The van der Waals surface area contributed by atoms with Crippen LogP contribution in [0.2, 0.25) is 0 Å². The molecule has 0 amide bonds. The summed E-state index contributed by atoms with van der Waals surface area (Å²) in [5.41, 5.74) is 0.700. The fourth-order valence-corrected chi connectivity index (χ4v) is 2.19. The van der Waals surface area contributed by atoms with Crippen molar-refractivity contribution in [3.63, 3.8) is 0 Å². The van der Waals surface area contributed by atoms with Gasteiger partial charge in [-0.15, -0.1) is 11.3 Å². The van der Waals surface area contributed by atoms with Gasteiger partial charge >= 0.3 is 0 Å². The van der Waals surface area contributed by atoms with Crippen molar-refractivity contribution < 1.29 is 4.79 Å². The minimum Gasteiger partial charge on any atom is -0.292 e. The Morgan fingerprint density at radius 1 is 1.53 bits per heavy atom. The first-order valence-corrected chi connectivity index (χ1v) is 5.76. The highest BCUT2D eigenvalue weighted by Crippen LogP contribution is 2.12. The molecule has 0 spiro atoms. The lowest BCUT2D eigenvalue weighted by molar-refractivity contribution is 0.0983. The number of ketones is 1. The largest absolute Gasteiger partial charge is 0.292 e. The average molecular weight is 220 g/mol. The summed E-state index contributed by atoms with van der Waals surface area (Å²) in [5.74, 6) is 0.136. The lowest BCUT2D eigenvalue weighted by atomic mass is 10.2. The minimum atomic E-state index is 0.136. The molecule has 2 aromatic heterocycles. The zero-order valence-corrected chi connectivity index (χ0v) is 9.33. The Morgan fingerprint density at radius 3 is 3.07 bits per heavy atom. The summed E-state index contributed by atoms with van der Waals surface area (Å²) in [6.07, 6.45) is 2.15. The molecule has 0 atom stereocenters. The lowest BCUT2D eigenvalue weighted by Crippen LogP contribution is -2.11. The average Bonchev–Trinajstić information content (AvgIpc) is 2.86. The standard InChI is InChI=1S/C11H12N2OS/c1-2-13-10(5-6-12-13)11(14)8-9-4-3-7-15-9/h3-7H,2,8H2,1H3. The number of Topliss-reactive ketones (excluding diaryl/α,β-unsaturated/α-hetero) is 1. The molecule has 15 heavy (non-hydrogen) atoms. The molecule has 78 valence electrons. The number of nitrogens with zero attached hydrogens (tertiary/aromatic N) is 2. The molecule has 0 saturated carbocycles. The maximum Gasteiger partial charge on any atom is 0.186 e. The maximum atomic E-state index is 11.9. The van der Waals surface area contributed by atoms with E-state index in [-0.39, 0.29) is 5.78 Å². The number of thiophene rings is 1. The smallest absolute Gasteiger partial charge is 0.186 e. The minimum absolute atomic E-state index is 0.136. The van der Waals surface area contributed by atoms with Gasteiger partial charge in [0, 0.05) is 24.0 Å². The number of hydrogen-bond acceptors (Lipinski definition) is 3. The van der Waals surface area contributed by atoms with Crippen molar-refractivity contribution in [1.82, 2.24) is 9.78 Å². The Labute approximate surface area is 92.4 Å². The van der Waals surface area contributed by atoms with Crippen LogP contribution < -0.4 is 0 Å². The second kappa shape index (κ2) is 4.40. The molecule has 2 aromatic rings. The first kappa shape index (κ1) is 10.1. The Balaban J connectivity index is 2.15. The number of aromatic nitrogens is 2. The number of aryl methyl sites for hydroxylation is 1. The summed E-state index contributed by atoms with van der Waals surface area (Å²) in [6.45, 7) is 2.72. The quantitative estimate of drug-likeness (QED) is 0.741. The fraction of sp³-hybridized carbons (Fsp3) is 0.273. The molecule has 0 aliphatic heterocycles. The highest BCUT2D eigenvalue weighted by Gasteiger charge is 2.11. The van der Waals surface area contributed by atoms with Crippen molar-refractivity contribution in [2.75, 3.05) is 0 Å². The summed E-state index contributed by atoms with van der Waals surface area (Å²) in [6, 6.07) is 5.72. The Kier molecular flexibility index (Phi) is 2.97. The third kappa shape index (κ3) is 2.15. The molecule has 0 radical (unpaired) electrons. The van der Waals surface area contributed by atoms with Crippen LogP contribution in [0.1, 0.15) is 22.3 Å². The van der Waals surface area contributed by atoms with Gasteiger partial charge in [-0.25, -0.2) is 0 Å². The van der Waals surface area contributed by atoms with Crippen molar-refractivity contribution >= 4 is 17.1 Å². The highest BCUT2D eigenvalue weighted by molar-refractivity contribution is 7.10. The van der Waals surface area contributed by atoms with Gasteiger partial charge in [0.15, 0.2) is 5.78 Å². The topological polar surface area (TPSA) is 34.9 Å². The summed E-state index contributed by atoms with van der Waals surface area (Å²) in [5, 5.41) is 6.07. The Bertz CT molecular complexity index is 445. The van der Waals surface area contributed by atoms with Gasteiger partial charge < -0.3 is 0 Å². The zero-order valence-electron chi connectivity index (χ0n) is 8.51. The highest BCUT2D eigenvalue weighted by atomic mass is 32.1. The van der Waals surface area contributed by atoms with Crippen molar-refractivity contribution in [1.29, 1.82) is 0 Å². The first-order valence-electron chi connectivity index (χ1n) is 4.88. The number of carbonyl (C=O) groups is 1. The summed E-state index contributed by atoms with van der Waals surface area (Å²) < 4.78 is 1.73. The van der Waals surface area contributed by atoms with E-state index in [9.17, 15) is 4.79 Å². The van der Waals surface area contributed by atoms with Gasteiger partial charge in [-0.3, -0.25) is 9.48 Å². The number of rotatable bonds is 4. The van der Waals surface area contributed by atoms with E-state index in [0.29, 0.717) is 12.1 Å².